The highest BCUT2D eigenvalue weighted by atomic mass is 32.2. The van der Waals surface area contributed by atoms with Crippen molar-refractivity contribution in [3.05, 3.63) is 40.7 Å². The number of aryl methyl sites for hydroxylation is 1. The van der Waals surface area contributed by atoms with Crippen LogP contribution in [0.2, 0.25) is 0 Å². The zero-order valence-electron chi connectivity index (χ0n) is 18.4. The first-order valence-electron chi connectivity index (χ1n) is 10.6. The zero-order valence-corrected chi connectivity index (χ0v) is 19.2. The van der Waals surface area contributed by atoms with Gasteiger partial charge in [0.2, 0.25) is 10.0 Å². The average Bonchev–Trinajstić information content (AvgIpc) is 3.43. The number of nitrogens with zero attached hydrogens (tertiary/aromatic N) is 3. The second-order valence-corrected chi connectivity index (χ2v) is 10.1. The van der Waals surface area contributed by atoms with E-state index in [0.717, 1.165) is 4.90 Å². The average molecular weight is 482 g/mol. The molecule has 10 nitrogen and oxygen atoms in total. The fourth-order valence-electron chi connectivity index (χ4n) is 3.87. The van der Waals surface area contributed by atoms with Crippen LogP contribution in [0.25, 0.3) is 0 Å². The van der Waals surface area contributed by atoms with Crippen LogP contribution in [0.1, 0.15) is 30.7 Å². The summed E-state index contributed by atoms with van der Waals surface area (Å²) >= 11 is 0. The number of halogens is 1. The van der Waals surface area contributed by atoms with Crippen molar-refractivity contribution in [2.75, 3.05) is 26.9 Å². The van der Waals surface area contributed by atoms with E-state index in [2.05, 4.69) is 9.88 Å². The number of ether oxygens (including phenoxy) is 1. The highest BCUT2D eigenvalue weighted by Crippen LogP contribution is 2.37. The van der Waals surface area contributed by atoms with Crippen molar-refractivity contribution in [1.82, 2.24) is 14.8 Å². The molecule has 178 valence electrons. The van der Waals surface area contributed by atoms with Gasteiger partial charge in [0.15, 0.2) is 12.3 Å². The number of carbonyl (C=O) groups excluding carboxylic acids is 2. The SMILES string of the molecule is COCCC[N+]1=C2C=CC(S(=O)(=O)NC3(CF)CC3)=CC2C(=O)N(Cc2cc(C)no2)C1=O. The minimum absolute atomic E-state index is 0.133. The Labute approximate surface area is 190 Å². The Morgan fingerprint density at radius 2 is 2.12 bits per heavy atom. The number of rotatable bonds is 10. The summed E-state index contributed by atoms with van der Waals surface area (Å²) in [6.07, 6.45) is 5.47. The first kappa shape index (κ1) is 23.5. The van der Waals surface area contributed by atoms with Crippen LogP contribution < -0.4 is 4.72 Å². The lowest BCUT2D eigenvalue weighted by Gasteiger charge is -2.27. The normalized spacial score (nSPS) is 22.0. The first-order valence-corrected chi connectivity index (χ1v) is 12.1. The van der Waals surface area contributed by atoms with Gasteiger partial charge in [0.25, 0.3) is 0 Å². The molecule has 1 unspecified atom stereocenters. The Morgan fingerprint density at radius 1 is 1.36 bits per heavy atom. The second-order valence-electron chi connectivity index (χ2n) is 8.46. The Balaban J connectivity index is 1.68. The van der Waals surface area contributed by atoms with Crippen LogP contribution in [0.15, 0.2) is 33.7 Å². The summed E-state index contributed by atoms with van der Waals surface area (Å²) in [5.41, 5.74) is -0.0727. The Bertz CT molecular complexity index is 1170. The lowest BCUT2D eigenvalue weighted by Crippen LogP contribution is -2.54. The van der Waals surface area contributed by atoms with Gasteiger partial charge in [0, 0.05) is 26.2 Å². The van der Waals surface area contributed by atoms with Gasteiger partial charge in [-0.05, 0) is 38.0 Å². The van der Waals surface area contributed by atoms with Crippen molar-refractivity contribution in [3.8, 4) is 0 Å². The molecule has 0 aromatic carbocycles. The van der Waals surface area contributed by atoms with Gasteiger partial charge >= 0.3 is 11.9 Å². The Morgan fingerprint density at radius 3 is 2.73 bits per heavy atom. The Kier molecular flexibility index (Phi) is 6.34. The monoisotopic (exact) mass is 481 g/mol. The van der Waals surface area contributed by atoms with E-state index in [1.807, 2.05) is 0 Å². The number of allylic oxidation sites excluding steroid dienone is 2. The highest BCUT2D eigenvalue weighted by Gasteiger charge is 2.50. The molecule has 4 rings (SSSR count). The van der Waals surface area contributed by atoms with Gasteiger partial charge < -0.3 is 9.26 Å². The van der Waals surface area contributed by atoms with Crippen molar-refractivity contribution in [3.63, 3.8) is 0 Å². The van der Waals surface area contributed by atoms with E-state index in [0.29, 0.717) is 43.0 Å². The molecule has 1 saturated carbocycles. The molecule has 1 atom stereocenters. The standard InChI is InChI=1S/C21H26FN4O6S/c1-14-10-15(32-23-14)12-26-19(27)17-11-16(33(29,30)24-21(13-22)6-7-21)4-5-18(17)25(20(26)28)8-3-9-31-2/h4-5,10-11,17,24H,3,6-9,12-13H2,1-2H3/q+1. The molecule has 12 heteroatoms. The summed E-state index contributed by atoms with van der Waals surface area (Å²) in [5, 5.41) is 3.78. The number of aromatic nitrogens is 1. The van der Waals surface area contributed by atoms with Crippen molar-refractivity contribution < 1.29 is 36.2 Å². The van der Waals surface area contributed by atoms with Gasteiger partial charge in [-0.3, -0.25) is 0 Å². The van der Waals surface area contributed by atoms with Gasteiger partial charge in [0.1, 0.15) is 18.3 Å². The third-order valence-electron chi connectivity index (χ3n) is 5.86. The molecule has 1 aromatic heterocycles. The number of fused-ring (bicyclic) bond motifs is 1. The van der Waals surface area contributed by atoms with E-state index in [-0.39, 0.29) is 18.0 Å². The summed E-state index contributed by atoms with van der Waals surface area (Å²) < 4.78 is 53.1. The predicted molar refractivity (Wildman–Crippen MR) is 115 cm³/mol. The lowest BCUT2D eigenvalue weighted by molar-refractivity contribution is -0.441. The van der Waals surface area contributed by atoms with Crippen molar-refractivity contribution in [2.24, 2.45) is 5.92 Å². The van der Waals surface area contributed by atoms with Crippen LogP contribution in [0.3, 0.4) is 0 Å². The molecule has 0 radical (unpaired) electrons. The molecule has 3 aliphatic rings. The maximum Gasteiger partial charge on any atom is 0.501 e. The number of methoxy groups -OCH3 is 1. The second kappa shape index (κ2) is 8.92. The van der Waals surface area contributed by atoms with Gasteiger partial charge in [-0.25, -0.2) is 22.3 Å². The smallest absolute Gasteiger partial charge is 0.385 e. The minimum atomic E-state index is -4.04. The summed E-state index contributed by atoms with van der Waals surface area (Å²) in [7, 11) is -2.49. The van der Waals surface area contributed by atoms with Gasteiger partial charge in [0.05, 0.1) is 22.7 Å². The van der Waals surface area contributed by atoms with Gasteiger partial charge in [-0.2, -0.15) is 14.3 Å². The maximum atomic E-state index is 13.3. The molecular formula is C21H26FN4O6S+. The predicted octanol–water partition coefficient (Wildman–Crippen LogP) is 1.43. The Hall–Kier alpha value is -2.70. The third kappa shape index (κ3) is 4.68. The molecule has 2 aliphatic carbocycles. The van der Waals surface area contributed by atoms with E-state index >= 15 is 0 Å². The number of urea groups is 1. The molecule has 1 aliphatic heterocycles. The molecule has 1 N–H and O–H groups in total. The molecule has 1 aromatic rings. The minimum Gasteiger partial charge on any atom is -0.385 e. The van der Waals surface area contributed by atoms with E-state index in [1.54, 1.807) is 20.1 Å². The van der Waals surface area contributed by atoms with E-state index < -0.39 is 40.1 Å². The topological polar surface area (TPSA) is 122 Å². The molecule has 33 heavy (non-hydrogen) atoms. The molecule has 2 heterocycles. The number of carbonyl (C=O) groups is 2. The molecule has 0 saturated heterocycles. The maximum absolute atomic E-state index is 13.3. The van der Waals surface area contributed by atoms with E-state index in [1.165, 1.54) is 22.8 Å². The number of sulfonamides is 1. The van der Waals surface area contributed by atoms with Crippen molar-refractivity contribution in [1.29, 1.82) is 0 Å². The number of hydrogen-bond donors (Lipinski definition) is 1. The van der Waals surface area contributed by atoms with E-state index in [4.69, 9.17) is 9.26 Å². The summed E-state index contributed by atoms with van der Waals surface area (Å²) in [4.78, 5) is 27.4. The van der Waals surface area contributed by atoms with Crippen LogP contribution in [-0.4, -0.2) is 73.2 Å². The fraction of sp³-hybridized carbons (Fsp3) is 0.524. The fourth-order valence-corrected chi connectivity index (χ4v) is 5.38. The molecule has 0 bridgehead atoms. The van der Waals surface area contributed by atoms with E-state index in [9.17, 15) is 22.4 Å². The van der Waals surface area contributed by atoms with Crippen molar-refractivity contribution in [2.45, 2.75) is 38.3 Å². The largest absolute Gasteiger partial charge is 0.501 e. The van der Waals surface area contributed by atoms with Gasteiger partial charge in [-0.15, -0.1) is 0 Å². The highest BCUT2D eigenvalue weighted by molar-refractivity contribution is 7.93. The number of amides is 3. The number of hydrogen-bond acceptors (Lipinski definition) is 7. The van der Waals surface area contributed by atoms with Crippen LogP contribution in [0.5, 0.6) is 0 Å². The summed E-state index contributed by atoms with van der Waals surface area (Å²) in [6, 6.07) is 1.09. The van der Waals surface area contributed by atoms with Crippen LogP contribution >= 0.6 is 0 Å². The van der Waals surface area contributed by atoms with Crippen molar-refractivity contribution >= 4 is 27.7 Å². The molecule has 3 amide bonds. The first-order chi connectivity index (χ1) is 15.7. The zero-order chi connectivity index (χ0) is 23.8. The third-order valence-corrected chi connectivity index (χ3v) is 7.46. The van der Waals surface area contributed by atoms with Gasteiger partial charge in [-0.1, -0.05) is 5.16 Å². The van der Waals surface area contributed by atoms with Crippen LogP contribution in [0.4, 0.5) is 9.18 Å². The molecular weight excluding hydrogens is 455 g/mol. The number of imide groups is 1. The quantitative estimate of drug-likeness (QED) is 0.396. The van der Waals surface area contributed by atoms with Crippen LogP contribution in [0, 0.1) is 12.8 Å². The number of nitrogens with one attached hydrogen (secondary N) is 1. The molecule has 1 fully saturated rings. The number of alkyl halides is 1. The molecule has 0 spiro atoms. The summed E-state index contributed by atoms with van der Waals surface area (Å²) in [5.74, 6) is -1.24. The van der Waals surface area contributed by atoms with Crippen LogP contribution in [-0.2, 0) is 26.1 Å². The lowest BCUT2D eigenvalue weighted by atomic mass is 9.94. The summed E-state index contributed by atoms with van der Waals surface area (Å²) in [6.45, 7) is 1.48.